The van der Waals surface area contributed by atoms with Crippen molar-refractivity contribution >= 4 is 11.6 Å². The molecule has 0 aromatic heterocycles. The van der Waals surface area contributed by atoms with E-state index in [0.29, 0.717) is 18.1 Å². The summed E-state index contributed by atoms with van der Waals surface area (Å²) in [5.74, 6) is 1.38. The highest BCUT2D eigenvalue weighted by molar-refractivity contribution is 5.80. The molecule has 2 aromatic rings. The summed E-state index contributed by atoms with van der Waals surface area (Å²) in [5, 5.41) is 0. The summed E-state index contributed by atoms with van der Waals surface area (Å²) in [5.41, 5.74) is 4.95. The molecule has 0 saturated carbocycles. The van der Waals surface area contributed by atoms with Crippen LogP contribution >= 0.6 is 0 Å². The topological polar surface area (TPSA) is 34.1 Å². The molecule has 2 aromatic carbocycles. The Morgan fingerprint density at radius 3 is 1.90 bits per heavy atom. The number of hydrogen-bond donors (Lipinski definition) is 0. The van der Waals surface area contributed by atoms with E-state index >= 15 is 0 Å². The first-order valence-electron chi connectivity index (χ1n) is 11.5. The summed E-state index contributed by atoms with van der Waals surface area (Å²) in [6.45, 7) is 13.6. The van der Waals surface area contributed by atoms with Crippen LogP contribution in [0.5, 0.6) is 0 Å². The van der Waals surface area contributed by atoms with Crippen molar-refractivity contribution in [3.8, 4) is 11.1 Å². The number of hydrogen-bond acceptors (Lipinski definition) is 2. The molecule has 0 saturated heterocycles. The van der Waals surface area contributed by atoms with E-state index in [1.54, 1.807) is 6.92 Å². The third-order valence-electron chi connectivity index (χ3n) is 5.35. The summed E-state index contributed by atoms with van der Waals surface area (Å²) in [7, 11) is 0. The van der Waals surface area contributed by atoms with Gasteiger partial charge < -0.3 is 4.79 Å². The Morgan fingerprint density at radius 1 is 0.839 bits per heavy atom. The van der Waals surface area contributed by atoms with E-state index in [1.807, 2.05) is 13.0 Å². The van der Waals surface area contributed by atoms with Gasteiger partial charge in [0.25, 0.3) is 0 Å². The van der Waals surface area contributed by atoms with Crippen molar-refractivity contribution in [1.29, 1.82) is 0 Å². The lowest BCUT2D eigenvalue weighted by Crippen LogP contribution is -2.15. The molecule has 2 heteroatoms. The van der Waals surface area contributed by atoms with Crippen molar-refractivity contribution in [3.63, 3.8) is 0 Å². The summed E-state index contributed by atoms with van der Waals surface area (Å²) in [6.07, 6.45) is 5.20. The normalized spacial score (nSPS) is 12.3. The number of Topliss-reactive ketones (excluding diaryl/α,β-unsaturated/α-hetero) is 2. The Bertz CT molecular complexity index is 788. The second kappa shape index (κ2) is 14.5. The summed E-state index contributed by atoms with van der Waals surface area (Å²) in [6, 6.07) is 19.3. The Morgan fingerprint density at radius 2 is 1.42 bits per heavy atom. The lowest BCUT2D eigenvalue weighted by Gasteiger charge is -2.16. The van der Waals surface area contributed by atoms with E-state index in [0.717, 1.165) is 37.7 Å². The van der Waals surface area contributed by atoms with Crippen LogP contribution in [0.15, 0.2) is 66.7 Å². The zero-order valence-corrected chi connectivity index (χ0v) is 20.1. The molecule has 168 valence electrons. The van der Waals surface area contributed by atoms with Gasteiger partial charge in [-0.3, -0.25) is 4.79 Å². The molecule has 0 amide bonds. The zero-order chi connectivity index (χ0) is 23.2. The summed E-state index contributed by atoms with van der Waals surface area (Å²) < 4.78 is 0. The number of allylic oxidation sites excluding steroid dienone is 1. The van der Waals surface area contributed by atoms with E-state index in [1.165, 1.54) is 16.7 Å². The molecule has 0 N–H and O–H groups in total. The van der Waals surface area contributed by atoms with Crippen LogP contribution in [-0.4, -0.2) is 11.6 Å². The fourth-order valence-electron chi connectivity index (χ4n) is 3.57. The van der Waals surface area contributed by atoms with Crippen molar-refractivity contribution in [2.75, 3.05) is 0 Å². The van der Waals surface area contributed by atoms with E-state index < -0.39 is 0 Å². The number of benzene rings is 2. The lowest BCUT2D eigenvalue weighted by molar-refractivity contribution is -0.123. The average molecular weight is 421 g/mol. The first-order chi connectivity index (χ1) is 14.7. The molecule has 0 heterocycles. The highest BCUT2D eigenvalue weighted by Gasteiger charge is 2.15. The lowest BCUT2D eigenvalue weighted by atomic mass is 9.88. The van der Waals surface area contributed by atoms with Crippen LogP contribution in [0.1, 0.15) is 72.3 Å². The quantitative estimate of drug-likeness (QED) is 0.347. The average Bonchev–Trinajstić information content (AvgIpc) is 2.74. The van der Waals surface area contributed by atoms with Crippen LogP contribution in [0, 0.1) is 11.8 Å². The smallest absolute Gasteiger partial charge is 0.135 e. The molecule has 2 atom stereocenters. The largest absolute Gasteiger partial charge is 0.300 e. The van der Waals surface area contributed by atoms with Crippen LogP contribution in [0.3, 0.4) is 0 Å². The zero-order valence-electron chi connectivity index (χ0n) is 20.1. The van der Waals surface area contributed by atoms with Gasteiger partial charge >= 0.3 is 0 Å². The molecule has 0 bridgehead atoms. The van der Waals surface area contributed by atoms with Gasteiger partial charge in [-0.1, -0.05) is 80.9 Å². The van der Waals surface area contributed by atoms with E-state index in [4.69, 9.17) is 0 Å². The monoisotopic (exact) mass is 420 g/mol. The van der Waals surface area contributed by atoms with Crippen LogP contribution in [0.4, 0.5) is 0 Å². The molecule has 31 heavy (non-hydrogen) atoms. The fraction of sp³-hybridized carbons (Fsp3) is 0.448. The Hall–Kier alpha value is -2.48. The van der Waals surface area contributed by atoms with Crippen LogP contribution in [-0.2, 0) is 16.0 Å². The van der Waals surface area contributed by atoms with Gasteiger partial charge in [-0.2, -0.15) is 0 Å². The van der Waals surface area contributed by atoms with Gasteiger partial charge in [0.1, 0.15) is 11.6 Å². The summed E-state index contributed by atoms with van der Waals surface area (Å²) in [4.78, 5) is 22.2. The van der Waals surface area contributed by atoms with Gasteiger partial charge in [-0.05, 0) is 62.1 Å². The molecular weight excluding hydrogens is 380 g/mol. The van der Waals surface area contributed by atoms with Gasteiger partial charge in [-0.15, -0.1) is 6.58 Å². The first kappa shape index (κ1) is 26.6. The summed E-state index contributed by atoms with van der Waals surface area (Å²) >= 11 is 0. The number of carbonyl (C=O) groups is 2. The maximum absolute atomic E-state index is 11.9. The van der Waals surface area contributed by atoms with Gasteiger partial charge in [0.2, 0.25) is 0 Å². The fourth-order valence-corrected chi connectivity index (χ4v) is 3.57. The van der Waals surface area contributed by atoms with Crippen molar-refractivity contribution < 1.29 is 9.59 Å². The molecule has 2 unspecified atom stereocenters. The molecule has 0 fully saturated rings. The highest BCUT2D eigenvalue weighted by Crippen LogP contribution is 2.22. The molecular formula is C29H40O2. The molecule has 0 aliphatic heterocycles. The third-order valence-corrected chi connectivity index (χ3v) is 5.35. The van der Waals surface area contributed by atoms with Gasteiger partial charge in [0.05, 0.1) is 0 Å². The maximum Gasteiger partial charge on any atom is 0.135 e. The van der Waals surface area contributed by atoms with E-state index in [2.05, 4.69) is 75.9 Å². The Balaban J connectivity index is 0.000000512. The van der Waals surface area contributed by atoms with Crippen molar-refractivity contribution in [3.05, 3.63) is 72.3 Å². The minimum Gasteiger partial charge on any atom is -0.300 e. The maximum atomic E-state index is 11.9. The highest BCUT2D eigenvalue weighted by atomic mass is 16.1. The van der Waals surface area contributed by atoms with Crippen molar-refractivity contribution in [1.82, 2.24) is 0 Å². The molecule has 0 radical (unpaired) electrons. The molecule has 2 rings (SSSR count). The van der Waals surface area contributed by atoms with Crippen molar-refractivity contribution in [2.24, 2.45) is 11.8 Å². The van der Waals surface area contributed by atoms with Crippen LogP contribution < -0.4 is 0 Å². The minimum absolute atomic E-state index is 0.188. The van der Waals surface area contributed by atoms with Gasteiger partial charge in [-0.25, -0.2) is 0 Å². The van der Waals surface area contributed by atoms with Gasteiger partial charge in [0, 0.05) is 18.8 Å². The molecule has 0 aliphatic rings. The third kappa shape index (κ3) is 11.5. The molecule has 0 spiro atoms. The predicted octanol–water partition coefficient (Wildman–Crippen LogP) is 7.86. The Kier molecular flexibility index (Phi) is 12.4. The minimum atomic E-state index is 0.188. The van der Waals surface area contributed by atoms with Crippen LogP contribution in [0.2, 0.25) is 0 Å². The van der Waals surface area contributed by atoms with E-state index in [9.17, 15) is 9.59 Å². The first-order valence-corrected chi connectivity index (χ1v) is 11.5. The van der Waals surface area contributed by atoms with Gasteiger partial charge in [0.15, 0.2) is 0 Å². The predicted molar refractivity (Wildman–Crippen MR) is 133 cm³/mol. The second-order valence-corrected chi connectivity index (χ2v) is 8.88. The number of carbonyl (C=O) groups excluding carboxylic acids is 2. The number of rotatable bonds is 11. The molecule has 0 aliphatic carbocycles. The second-order valence-electron chi connectivity index (χ2n) is 8.88. The van der Waals surface area contributed by atoms with E-state index in [-0.39, 0.29) is 11.7 Å². The SMILES string of the molecule is C=C(C)CCC(C)=O.CCCC(=O)C(C)CC(C)Cc1ccc(-c2ccccc2)cc1. The van der Waals surface area contributed by atoms with Crippen molar-refractivity contribution in [2.45, 2.75) is 73.1 Å². The number of ketones is 2. The molecule has 2 nitrogen and oxygen atoms in total. The Labute approximate surface area is 189 Å². The van der Waals surface area contributed by atoms with Crippen LogP contribution in [0.25, 0.3) is 11.1 Å². The standard InChI is InChI=1S/C22H28O.C7H12O/c1-4-8-22(23)18(3)15-17(2)16-19-11-13-21(14-12-19)20-9-6-5-7-10-20;1-6(2)4-5-7(3)8/h5-7,9-14,17-18H,4,8,15-16H2,1-3H3;1,4-5H2,2-3H3.